The first kappa shape index (κ1) is 13.9. The van der Waals surface area contributed by atoms with E-state index in [0.29, 0.717) is 29.5 Å². The SMILES string of the molecule is N#Cc1ccc(OCC2OCCc3ccccc32)c(Cl)c1. The van der Waals surface area contributed by atoms with Crippen LogP contribution in [0, 0.1) is 11.3 Å². The van der Waals surface area contributed by atoms with Gasteiger partial charge < -0.3 is 9.47 Å². The van der Waals surface area contributed by atoms with Gasteiger partial charge >= 0.3 is 0 Å². The Labute approximate surface area is 128 Å². The third-order valence-corrected chi connectivity index (χ3v) is 3.84. The number of nitriles is 1. The highest BCUT2D eigenvalue weighted by molar-refractivity contribution is 6.32. The number of benzene rings is 2. The van der Waals surface area contributed by atoms with E-state index in [2.05, 4.69) is 12.1 Å². The molecule has 21 heavy (non-hydrogen) atoms. The molecule has 1 atom stereocenters. The number of halogens is 1. The Morgan fingerprint density at radius 1 is 1.29 bits per heavy atom. The summed E-state index contributed by atoms with van der Waals surface area (Å²) < 4.78 is 11.6. The van der Waals surface area contributed by atoms with Gasteiger partial charge in [-0.2, -0.15) is 5.26 Å². The molecule has 3 nitrogen and oxygen atoms in total. The summed E-state index contributed by atoms with van der Waals surface area (Å²) in [6.07, 6.45) is 0.853. The summed E-state index contributed by atoms with van der Waals surface area (Å²) in [5.41, 5.74) is 3.00. The Hall–Kier alpha value is -2.02. The van der Waals surface area contributed by atoms with Crippen molar-refractivity contribution in [1.29, 1.82) is 5.26 Å². The summed E-state index contributed by atoms with van der Waals surface area (Å²) in [4.78, 5) is 0. The summed E-state index contributed by atoms with van der Waals surface area (Å²) in [6.45, 7) is 1.11. The zero-order chi connectivity index (χ0) is 14.7. The van der Waals surface area contributed by atoms with Crippen molar-refractivity contribution in [2.24, 2.45) is 0 Å². The average molecular weight is 300 g/mol. The lowest BCUT2D eigenvalue weighted by atomic mass is 9.98. The van der Waals surface area contributed by atoms with Crippen molar-refractivity contribution in [3.63, 3.8) is 0 Å². The minimum Gasteiger partial charge on any atom is -0.489 e. The molecule has 0 aliphatic carbocycles. The second-order valence-corrected chi connectivity index (χ2v) is 5.28. The average Bonchev–Trinajstić information content (AvgIpc) is 2.53. The van der Waals surface area contributed by atoms with Gasteiger partial charge in [-0.3, -0.25) is 0 Å². The lowest BCUT2D eigenvalue weighted by molar-refractivity contribution is 0.0102. The summed E-state index contributed by atoms with van der Waals surface area (Å²) in [6, 6.07) is 15.3. The lowest BCUT2D eigenvalue weighted by Crippen LogP contribution is -2.21. The largest absolute Gasteiger partial charge is 0.489 e. The van der Waals surface area contributed by atoms with E-state index in [1.54, 1.807) is 18.2 Å². The van der Waals surface area contributed by atoms with E-state index >= 15 is 0 Å². The zero-order valence-electron chi connectivity index (χ0n) is 11.4. The Balaban J connectivity index is 1.73. The molecule has 0 aromatic heterocycles. The molecule has 4 heteroatoms. The first-order chi connectivity index (χ1) is 10.3. The molecule has 0 saturated carbocycles. The Bertz CT molecular complexity index is 693. The minimum absolute atomic E-state index is 0.0818. The monoisotopic (exact) mass is 299 g/mol. The van der Waals surface area contributed by atoms with E-state index < -0.39 is 0 Å². The van der Waals surface area contributed by atoms with Gasteiger partial charge in [0, 0.05) is 0 Å². The van der Waals surface area contributed by atoms with Crippen molar-refractivity contribution in [1.82, 2.24) is 0 Å². The van der Waals surface area contributed by atoms with Crippen molar-refractivity contribution in [3.8, 4) is 11.8 Å². The quantitative estimate of drug-likeness (QED) is 0.863. The predicted octanol–water partition coefficient (Wildman–Crippen LogP) is 3.90. The van der Waals surface area contributed by atoms with Crippen LogP contribution >= 0.6 is 11.6 Å². The van der Waals surface area contributed by atoms with Crippen LogP contribution in [0.2, 0.25) is 5.02 Å². The summed E-state index contributed by atoms with van der Waals surface area (Å²) in [5.74, 6) is 0.572. The third kappa shape index (κ3) is 3.02. The van der Waals surface area contributed by atoms with E-state index in [-0.39, 0.29) is 6.10 Å². The topological polar surface area (TPSA) is 42.2 Å². The molecule has 0 saturated heterocycles. The second-order valence-electron chi connectivity index (χ2n) is 4.88. The first-order valence-corrected chi connectivity index (χ1v) is 7.17. The maximum atomic E-state index is 8.83. The Morgan fingerprint density at radius 2 is 2.14 bits per heavy atom. The second kappa shape index (κ2) is 6.17. The van der Waals surface area contributed by atoms with Crippen molar-refractivity contribution < 1.29 is 9.47 Å². The molecule has 0 spiro atoms. The maximum Gasteiger partial charge on any atom is 0.138 e. The molecule has 1 unspecified atom stereocenters. The Morgan fingerprint density at radius 3 is 2.95 bits per heavy atom. The molecule has 2 aromatic carbocycles. The van der Waals surface area contributed by atoms with Crippen LogP contribution in [0.15, 0.2) is 42.5 Å². The van der Waals surface area contributed by atoms with Gasteiger partial charge in [-0.1, -0.05) is 35.9 Å². The molecule has 3 rings (SSSR count). The van der Waals surface area contributed by atoms with Crippen molar-refractivity contribution in [2.45, 2.75) is 12.5 Å². The predicted molar refractivity (Wildman–Crippen MR) is 80.5 cm³/mol. The fourth-order valence-electron chi connectivity index (χ4n) is 2.47. The molecule has 1 aliphatic rings. The van der Waals surface area contributed by atoms with Crippen molar-refractivity contribution in [2.75, 3.05) is 13.2 Å². The van der Waals surface area contributed by atoms with Gasteiger partial charge in [0.1, 0.15) is 18.5 Å². The van der Waals surface area contributed by atoms with Crippen LogP contribution in [0.3, 0.4) is 0 Å². The number of hydrogen-bond acceptors (Lipinski definition) is 3. The van der Waals surface area contributed by atoms with Crippen LogP contribution in [0.1, 0.15) is 22.8 Å². The number of ether oxygens (including phenoxy) is 2. The normalized spacial score (nSPS) is 16.9. The van der Waals surface area contributed by atoms with Crippen LogP contribution < -0.4 is 4.74 Å². The standard InChI is InChI=1S/C17H14ClNO2/c18-15-9-12(10-19)5-6-16(15)21-11-17-14-4-2-1-3-13(14)7-8-20-17/h1-6,9,17H,7-8,11H2. The highest BCUT2D eigenvalue weighted by atomic mass is 35.5. The van der Waals surface area contributed by atoms with Crippen LogP contribution in [0.5, 0.6) is 5.75 Å². The highest BCUT2D eigenvalue weighted by Crippen LogP contribution is 2.30. The molecule has 0 N–H and O–H groups in total. The molecule has 0 fully saturated rings. The van der Waals surface area contributed by atoms with Gasteiger partial charge in [0.2, 0.25) is 0 Å². The third-order valence-electron chi connectivity index (χ3n) is 3.54. The fourth-order valence-corrected chi connectivity index (χ4v) is 2.70. The smallest absolute Gasteiger partial charge is 0.138 e. The van der Waals surface area contributed by atoms with Crippen LogP contribution in [0.25, 0.3) is 0 Å². The fraction of sp³-hybridized carbons (Fsp3) is 0.235. The van der Waals surface area contributed by atoms with E-state index in [1.165, 1.54) is 11.1 Å². The summed E-state index contributed by atoms with van der Waals surface area (Å²) >= 11 is 6.11. The number of fused-ring (bicyclic) bond motifs is 1. The lowest BCUT2D eigenvalue weighted by Gasteiger charge is -2.26. The van der Waals surface area contributed by atoms with Crippen LogP contribution in [0.4, 0.5) is 0 Å². The van der Waals surface area contributed by atoms with Gasteiger partial charge in [-0.15, -0.1) is 0 Å². The molecule has 2 aromatic rings. The molecule has 0 amide bonds. The molecule has 1 heterocycles. The summed E-state index contributed by atoms with van der Waals surface area (Å²) in [5, 5.41) is 9.27. The molecular formula is C17H14ClNO2. The van der Waals surface area contributed by atoms with E-state index in [9.17, 15) is 0 Å². The molecular weight excluding hydrogens is 286 g/mol. The van der Waals surface area contributed by atoms with E-state index in [1.807, 2.05) is 18.2 Å². The molecule has 106 valence electrons. The number of nitrogens with zero attached hydrogens (tertiary/aromatic N) is 1. The highest BCUT2D eigenvalue weighted by Gasteiger charge is 2.21. The van der Waals surface area contributed by atoms with Gasteiger partial charge in [0.15, 0.2) is 0 Å². The van der Waals surface area contributed by atoms with Crippen LogP contribution in [-0.4, -0.2) is 13.2 Å². The van der Waals surface area contributed by atoms with Crippen molar-refractivity contribution in [3.05, 3.63) is 64.2 Å². The zero-order valence-corrected chi connectivity index (χ0v) is 12.1. The first-order valence-electron chi connectivity index (χ1n) is 6.80. The molecule has 0 radical (unpaired) electrons. The van der Waals surface area contributed by atoms with E-state index in [0.717, 1.165) is 6.42 Å². The minimum atomic E-state index is -0.0818. The van der Waals surface area contributed by atoms with Crippen molar-refractivity contribution >= 4 is 11.6 Å². The molecule has 0 bridgehead atoms. The van der Waals surface area contributed by atoms with E-state index in [4.69, 9.17) is 26.3 Å². The van der Waals surface area contributed by atoms with Gasteiger partial charge in [0.05, 0.1) is 23.3 Å². The van der Waals surface area contributed by atoms with Gasteiger partial charge in [-0.25, -0.2) is 0 Å². The number of hydrogen-bond donors (Lipinski definition) is 0. The van der Waals surface area contributed by atoms with Gasteiger partial charge in [0.25, 0.3) is 0 Å². The summed E-state index contributed by atoms with van der Waals surface area (Å²) in [7, 11) is 0. The maximum absolute atomic E-state index is 8.83. The Kier molecular flexibility index (Phi) is 4.10. The number of rotatable bonds is 3. The van der Waals surface area contributed by atoms with Gasteiger partial charge in [-0.05, 0) is 35.7 Å². The molecule has 1 aliphatic heterocycles. The van der Waals surface area contributed by atoms with Crippen LogP contribution in [-0.2, 0) is 11.2 Å².